The average Bonchev–Trinajstić information content (AvgIpc) is 2.98. The molecule has 0 radical (unpaired) electrons. The third-order valence-electron chi connectivity index (χ3n) is 3.87. The molecule has 1 atom stereocenters. The highest BCUT2D eigenvalue weighted by Crippen LogP contribution is 2.26. The van der Waals surface area contributed by atoms with Crippen LogP contribution in [-0.4, -0.2) is 44.8 Å². The van der Waals surface area contributed by atoms with E-state index in [1.807, 2.05) is 12.1 Å². The Balaban J connectivity index is 2.14. The van der Waals surface area contributed by atoms with Gasteiger partial charge in [-0.1, -0.05) is 0 Å². The Kier molecular flexibility index (Phi) is 5.05. The third kappa shape index (κ3) is 3.39. The van der Waals surface area contributed by atoms with Gasteiger partial charge in [-0.05, 0) is 56.1 Å². The lowest BCUT2D eigenvalue weighted by molar-refractivity contribution is 0.244. The smallest absolute Gasteiger partial charge is 0.122 e. The molecule has 0 bridgehead atoms. The highest BCUT2D eigenvalue weighted by Gasteiger charge is 2.22. The van der Waals surface area contributed by atoms with Crippen LogP contribution in [0.4, 0.5) is 0 Å². The number of hydrogen-bond donors (Lipinski definition) is 1. The first kappa shape index (κ1) is 14.2. The molecule has 0 aliphatic carbocycles. The van der Waals surface area contributed by atoms with Gasteiger partial charge >= 0.3 is 0 Å². The summed E-state index contributed by atoms with van der Waals surface area (Å²) in [5, 5.41) is 0. The van der Waals surface area contributed by atoms with Crippen molar-refractivity contribution in [2.75, 3.05) is 33.9 Å². The number of benzene rings is 1. The molecule has 0 aromatic heterocycles. The van der Waals surface area contributed by atoms with Crippen LogP contribution in [0.2, 0.25) is 0 Å². The lowest BCUT2D eigenvalue weighted by Crippen LogP contribution is -2.40. The highest BCUT2D eigenvalue weighted by molar-refractivity contribution is 5.40. The minimum absolute atomic E-state index is 0.392. The van der Waals surface area contributed by atoms with E-state index in [1.165, 1.54) is 18.4 Å². The van der Waals surface area contributed by atoms with E-state index in [-0.39, 0.29) is 0 Å². The summed E-state index contributed by atoms with van der Waals surface area (Å²) >= 11 is 0. The molecule has 19 heavy (non-hydrogen) atoms. The van der Waals surface area contributed by atoms with Crippen LogP contribution >= 0.6 is 0 Å². The lowest BCUT2D eigenvalue weighted by atomic mass is 10.0. The first-order valence-corrected chi connectivity index (χ1v) is 6.93. The zero-order valence-electron chi connectivity index (χ0n) is 11.9. The minimum atomic E-state index is 0.392. The molecular formula is C15H24N2O2. The number of rotatable bonds is 6. The fraction of sp³-hybridized carbons (Fsp3) is 0.600. The largest absolute Gasteiger partial charge is 0.497 e. The Bertz CT molecular complexity index is 403. The van der Waals surface area contributed by atoms with Gasteiger partial charge in [-0.3, -0.25) is 4.90 Å². The van der Waals surface area contributed by atoms with Gasteiger partial charge in [0, 0.05) is 12.6 Å². The summed E-state index contributed by atoms with van der Waals surface area (Å²) in [5.41, 5.74) is 7.12. The van der Waals surface area contributed by atoms with Gasteiger partial charge in [0.2, 0.25) is 0 Å². The van der Waals surface area contributed by atoms with Gasteiger partial charge in [0.1, 0.15) is 11.5 Å². The summed E-state index contributed by atoms with van der Waals surface area (Å²) in [7, 11) is 3.39. The zero-order valence-corrected chi connectivity index (χ0v) is 11.9. The normalized spacial score (nSPS) is 17.4. The molecule has 106 valence electrons. The van der Waals surface area contributed by atoms with Crippen LogP contribution in [0.5, 0.6) is 11.5 Å². The van der Waals surface area contributed by atoms with Gasteiger partial charge < -0.3 is 15.2 Å². The van der Waals surface area contributed by atoms with Gasteiger partial charge in [-0.2, -0.15) is 0 Å². The monoisotopic (exact) mass is 264 g/mol. The molecule has 2 N–H and O–H groups in total. The van der Waals surface area contributed by atoms with Crippen molar-refractivity contribution >= 4 is 0 Å². The summed E-state index contributed by atoms with van der Waals surface area (Å²) in [4.78, 5) is 2.49. The van der Waals surface area contributed by atoms with Crippen LogP contribution in [0.25, 0.3) is 0 Å². The lowest BCUT2D eigenvalue weighted by Gasteiger charge is -2.27. The van der Waals surface area contributed by atoms with E-state index in [9.17, 15) is 0 Å². The molecular weight excluding hydrogens is 240 g/mol. The Hall–Kier alpha value is -1.26. The van der Waals surface area contributed by atoms with E-state index in [0.717, 1.165) is 31.0 Å². The van der Waals surface area contributed by atoms with Gasteiger partial charge in [0.25, 0.3) is 0 Å². The average molecular weight is 264 g/mol. The topological polar surface area (TPSA) is 47.7 Å². The van der Waals surface area contributed by atoms with Crippen molar-refractivity contribution in [1.82, 2.24) is 4.90 Å². The first-order chi connectivity index (χ1) is 9.28. The van der Waals surface area contributed by atoms with Crippen molar-refractivity contribution in [3.8, 4) is 11.5 Å². The molecule has 4 nitrogen and oxygen atoms in total. The maximum absolute atomic E-state index is 5.95. The summed E-state index contributed by atoms with van der Waals surface area (Å²) in [6.07, 6.45) is 3.48. The second-order valence-corrected chi connectivity index (χ2v) is 5.01. The van der Waals surface area contributed by atoms with E-state index in [0.29, 0.717) is 12.6 Å². The van der Waals surface area contributed by atoms with E-state index < -0.39 is 0 Å². The van der Waals surface area contributed by atoms with Crippen molar-refractivity contribution in [2.24, 2.45) is 5.73 Å². The molecule has 1 aliphatic heterocycles. The van der Waals surface area contributed by atoms with Crippen LogP contribution < -0.4 is 15.2 Å². The Morgan fingerprint density at radius 2 is 1.95 bits per heavy atom. The number of nitrogens with two attached hydrogens (primary N) is 1. The molecule has 1 fully saturated rings. The maximum atomic E-state index is 5.95. The molecule has 1 unspecified atom stereocenters. The second kappa shape index (κ2) is 6.78. The predicted octanol–water partition coefficient (Wildman–Crippen LogP) is 1.67. The molecule has 0 amide bonds. The molecule has 2 rings (SSSR count). The zero-order chi connectivity index (χ0) is 13.7. The second-order valence-electron chi connectivity index (χ2n) is 5.01. The Labute approximate surface area is 115 Å². The molecule has 0 saturated carbocycles. The van der Waals surface area contributed by atoms with Gasteiger partial charge in [0.05, 0.1) is 14.2 Å². The fourth-order valence-corrected chi connectivity index (χ4v) is 2.76. The van der Waals surface area contributed by atoms with Crippen LogP contribution in [0.15, 0.2) is 18.2 Å². The van der Waals surface area contributed by atoms with Crippen molar-refractivity contribution < 1.29 is 9.47 Å². The molecule has 1 aliphatic rings. The van der Waals surface area contributed by atoms with Crippen LogP contribution in [0, 0.1) is 0 Å². The predicted molar refractivity (Wildman–Crippen MR) is 76.9 cm³/mol. The van der Waals surface area contributed by atoms with Crippen molar-refractivity contribution in [2.45, 2.75) is 25.3 Å². The van der Waals surface area contributed by atoms with Gasteiger partial charge in [0.15, 0.2) is 0 Å². The maximum Gasteiger partial charge on any atom is 0.122 e. The number of ether oxygens (including phenoxy) is 2. The van der Waals surface area contributed by atoms with E-state index in [4.69, 9.17) is 15.2 Å². The molecule has 1 heterocycles. The Morgan fingerprint density at radius 1 is 1.21 bits per heavy atom. The van der Waals surface area contributed by atoms with Crippen molar-refractivity contribution in [3.05, 3.63) is 23.8 Å². The van der Waals surface area contributed by atoms with Gasteiger partial charge in [-0.25, -0.2) is 0 Å². The number of likely N-dealkylation sites (tertiary alicyclic amines) is 1. The van der Waals surface area contributed by atoms with Crippen molar-refractivity contribution in [3.63, 3.8) is 0 Å². The molecule has 4 heteroatoms. The van der Waals surface area contributed by atoms with Gasteiger partial charge in [-0.15, -0.1) is 0 Å². The van der Waals surface area contributed by atoms with Crippen LogP contribution in [0.1, 0.15) is 18.4 Å². The quantitative estimate of drug-likeness (QED) is 0.849. The summed E-state index contributed by atoms with van der Waals surface area (Å²) in [6.45, 7) is 3.00. The minimum Gasteiger partial charge on any atom is -0.497 e. The number of methoxy groups -OCH3 is 2. The molecule has 1 saturated heterocycles. The van der Waals surface area contributed by atoms with Crippen LogP contribution in [-0.2, 0) is 6.42 Å². The Morgan fingerprint density at radius 3 is 2.53 bits per heavy atom. The number of nitrogens with zero attached hydrogens (tertiary/aromatic N) is 1. The van der Waals surface area contributed by atoms with Crippen molar-refractivity contribution in [1.29, 1.82) is 0 Å². The molecule has 1 aromatic carbocycles. The molecule has 0 spiro atoms. The first-order valence-electron chi connectivity index (χ1n) is 6.93. The third-order valence-corrected chi connectivity index (χ3v) is 3.87. The summed E-state index contributed by atoms with van der Waals surface area (Å²) in [5.74, 6) is 1.78. The van der Waals surface area contributed by atoms with Crippen LogP contribution in [0.3, 0.4) is 0 Å². The number of hydrogen-bond acceptors (Lipinski definition) is 4. The SMILES string of the molecule is COc1ccc(OC)c(CC(CN)N2CCCC2)c1. The van der Waals surface area contributed by atoms with E-state index >= 15 is 0 Å². The summed E-state index contributed by atoms with van der Waals surface area (Å²) in [6, 6.07) is 6.34. The van der Waals surface area contributed by atoms with E-state index in [2.05, 4.69) is 11.0 Å². The standard InChI is InChI=1S/C15H24N2O2/c1-18-14-5-6-15(19-2)12(10-14)9-13(11-16)17-7-3-4-8-17/h5-6,10,13H,3-4,7-9,11,16H2,1-2H3. The summed E-state index contributed by atoms with van der Waals surface area (Å²) < 4.78 is 10.7. The fourth-order valence-electron chi connectivity index (χ4n) is 2.76. The molecule has 1 aromatic rings. The van der Waals surface area contributed by atoms with E-state index in [1.54, 1.807) is 14.2 Å². The highest BCUT2D eigenvalue weighted by atomic mass is 16.5.